The maximum atomic E-state index is 12.7. The Hall–Kier alpha value is 1.78. The van der Waals surface area contributed by atoms with Crippen LogP contribution < -0.4 is 0 Å². The summed E-state index contributed by atoms with van der Waals surface area (Å²) in [6, 6.07) is 0. The lowest BCUT2D eigenvalue weighted by Gasteiger charge is -2.23. The van der Waals surface area contributed by atoms with Crippen LogP contribution in [0.3, 0.4) is 0 Å². The topological polar surface area (TPSA) is 0 Å². The molecule has 0 aromatic carbocycles. The van der Waals surface area contributed by atoms with Gasteiger partial charge in [-0.15, -0.1) is 0 Å². The second kappa shape index (κ2) is 3.45. The van der Waals surface area contributed by atoms with Gasteiger partial charge in [-0.1, -0.05) is 47.8 Å². The Morgan fingerprint density at radius 3 is 1.44 bits per heavy atom. The van der Waals surface area contributed by atoms with Gasteiger partial charge in [0.05, 0.1) is 0 Å². The summed E-state index contributed by atoms with van der Waals surface area (Å²) in [5.41, 5.74) is 0. The third kappa shape index (κ3) is 3.12. The molecule has 0 fully saturated rings. The predicted octanol–water partition coefficient (Wildman–Crippen LogP) is 3.86. The first-order chi connectivity index (χ1) is 3.81. The van der Waals surface area contributed by atoms with Crippen molar-refractivity contribution in [3.63, 3.8) is 0 Å². The average Bonchev–Trinajstić information content (AvgIpc) is 1.64. The van der Waals surface area contributed by atoms with Crippen LogP contribution in [0, 0.1) is 0 Å². The van der Waals surface area contributed by atoms with Crippen LogP contribution >= 0.6 is 63.7 Å². The first-order valence-corrected chi connectivity index (χ1v) is 4.99. The molecule has 0 radical (unpaired) electrons. The Balaban J connectivity index is 4.14. The summed E-state index contributed by atoms with van der Waals surface area (Å²) in [5, 5.41) is 0. The molecule has 0 aromatic rings. The van der Waals surface area contributed by atoms with Crippen LogP contribution in [-0.2, 0) is 0 Å². The molecule has 0 spiro atoms. The highest BCUT2D eigenvalue weighted by molar-refractivity contribution is 9.40. The summed E-state index contributed by atoms with van der Waals surface area (Å²) >= 11 is 11.0. The van der Waals surface area contributed by atoms with Gasteiger partial charge < -0.3 is 0 Å². The number of hydrogen-bond donors (Lipinski definition) is 0. The molecule has 0 nitrogen and oxygen atoms in total. The highest BCUT2D eigenvalue weighted by Gasteiger charge is 2.45. The van der Waals surface area contributed by atoms with Gasteiger partial charge in [-0.2, -0.15) is 0 Å². The van der Waals surface area contributed by atoms with Crippen molar-refractivity contribution < 1.29 is 8.78 Å². The van der Waals surface area contributed by atoms with E-state index in [4.69, 9.17) is 0 Å². The van der Waals surface area contributed by atoms with Crippen LogP contribution in [0.2, 0.25) is 0 Å². The third-order valence-electron chi connectivity index (χ3n) is 0.583. The second-order valence-electron chi connectivity index (χ2n) is 1.34. The second-order valence-corrected chi connectivity index (χ2v) is 9.35. The molecule has 1 atom stereocenters. The largest absolute Gasteiger partial charge is 0.246 e. The highest BCUT2D eigenvalue weighted by Crippen LogP contribution is 2.49. The highest BCUT2D eigenvalue weighted by atomic mass is 80.0. The lowest BCUT2D eigenvalue weighted by Crippen LogP contribution is -2.32. The molecule has 0 rings (SSSR count). The summed E-state index contributed by atoms with van der Waals surface area (Å²) in [6.07, 6.45) is 0. The van der Waals surface area contributed by atoms with E-state index in [2.05, 4.69) is 63.7 Å². The van der Waals surface area contributed by atoms with E-state index in [-0.39, 0.29) is 0 Å². The third-order valence-corrected chi connectivity index (χ3v) is 4.87. The van der Waals surface area contributed by atoms with Gasteiger partial charge in [0.2, 0.25) is 4.58 Å². The fourth-order valence-corrected chi connectivity index (χ4v) is 0.394. The first kappa shape index (κ1) is 10.8. The smallest absolute Gasteiger partial charge is 0.227 e. The first-order valence-electron chi connectivity index (χ1n) is 1.82. The molecule has 0 bridgehead atoms. The number of rotatable bonds is 1. The number of hydrogen-bond acceptors (Lipinski definition) is 0. The van der Waals surface area contributed by atoms with Gasteiger partial charge in [-0.3, -0.25) is 0 Å². The van der Waals surface area contributed by atoms with Gasteiger partial charge in [0.15, 0.2) is 2.14 Å². The molecule has 0 saturated carbocycles. The van der Waals surface area contributed by atoms with Crippen molar-refractivity contribution >= 4 is 63.7 Å². The molecule has 0 aromatic heterocycles. The molecule has 0 amide bonds. The molecule has 0 aliphatic carbocycles. The molecular weight excluding hydrogens is 394 g/mol. The Bertz CT molecular complexity index is 96.5. The maximum absolute atomic E-state index is 12.7. The number of alkyl halides is 6. The zero-order valence-electron chi connectivity index (χ0n) is 3.97. The van der Waals surface area contributed by atoms with Gasteiger partial charge in [0.25, 0.3) is 0 Å². The van der Waals surface area contributed by atoms with E-state index in [1.54, 1.807) is 0 Å². The monoisotopic (exact) mass is 392 g/mol. The van der Waals surface area contributed by atoms with Gasteiger partial charge in [0, 0.05) is 0 Å². The van der Waals surface area contributed by atoms with E-state index in [0.717, 1.165) is 0 Å². The summed E-state index contributed by atoms with van der Waals surface area (Å²) < 4.78 is 21.1. The van der Waals surface area contributed by atoms with Crippen LogP contribution in [0.15, 0.2) is 0 Å². The quantitative estimate of drug-likeness (QED) is 0.592. The Kier molecular flexibility index (Phi) is 4.13. The predicted molar refractivity (Wildman–Crippen MR) is 48.3 cm³/mol. The van der Waals surface area contributed by atoms with Gasteiger partial charge in [-0.05, 0) is 15.9 Å². The average molecular weight is 396 g/mol. The molecule has 0 N–H and O–H groups in total. The minimum atomic E-state index is -2.12. The van der Waals surface area contributed by atoms with Crippen molar-refractivity contribution in [2.75, 3.05) is 6.67 Å². The number of halogens is 6. The molecule has 0 saturated heterocycles. The fourth-order valence-electron chi connectivity index (χ4n) is 0.0758. The zero-order chi connectivity index (χ0) is 7.71. The van der Waals surface area contributed by atoms with Crippen molar-refractivity contribution in [1.82, 2.24) is 0 Å². The lowest BCUT2D eigenvalue weighted by molar-refractivity contribution is 0.247. The van der Waals surface area contributed by atoms with Crippen molar-refractivity contribution in [2.24, 2.45) is 0 Å². The standard InChI is InChI=1S/C3H2Br4F2/c4-2(9,1-8)3(5,6)7/h1H2. The molecule has 6 heteroatoms. The minimum absolute atomic E-state index is 1.13. The van der Waals surface area contributed by atoms with Crippen molar-refractivity contribution in [1.29, 1.82) is 0 Å². The van der Waals surface area contributed by atoms with Crippen LogP contribution in [-0.4, -0.2) is 13.4 Å². The van der Waals surface area contributed by atoms with Crippen molar-refractivity contribution in [3.05, 3.63) is 0 Å². The van der Waals surface area contributed by atoms with E-state index in [1.165, 1.54) is 0 Å². The van der Waals surface area contributed by atoms with Crippen LogP contribution in [0.25, 0.3) is 0 Å². The van der Waals surface area contributed by atoms with Gasteiger partial charge in [0.1, 0.15) is 6.67 Å². The van der Waals surface area contributed by atoms with Gasteiger partial charge >= 0.3 is 0 Å². The Morgan fingerprint density at radius 2 is 1.44 bits per heavy atom. The summed E-state index contributed by atoms with van der Waals surface area (Å²) in [4.78, 5) is 0. The Labute approximate surface area is 85.3 Å². The van der Waals surface area contributed by atoms with Crippen LogP contribution in [0.4, 0.5) is 8.78 Å². The maximum Gasteiger partial charge on any atom is 0.227 e. The molecule has 56 valence electrons. The Morgan fingerprint density at radius 1 is 1.11 bits per heavy atom. The minimum Gasteiger partial charge on any atom is -0.246 e. The SMILES string of the molecule is FCC(F)(Br)C(Br)(Br)Br. The summed E-state index contributed by atoms with van der Waals surface area (Å²) in [5.74, 6) is 0. The molecule has 1 unspecified atom stereocenters. The lowest BCUT2D eigenvalue weighted by atomic mass is 10.5. The summed E-state index contributed by atoms with van der Waals surface area (Å²) in [7, 11) is 0. The zero-order valence-corrected chi connectivity index (χ0v) is 10.3. The molecule has 0 heterocycles. The van der Waals surface area contributed by atoms with Crippen molar-refractivity contribution in [3.8, 4) is 0 Å². The van der Waals surface area contributed by atoms with E-state index in [9.17, 15) is 8.78 Å². The normalized spacial score (nSPS) is 19.3. The van der Waals surface area contributed by atoms with E-state index < -0.39 is 13.4 Å². The van der Waals surface area contributed by atoms with Crippen molar-refractivity contribution in [2.45, 2.75) is 6.72 Å². The fraction of sp³-hybridized carbons (Fsp3) is 1.00. The van der Waals surface area contributed by atoms with Crippen LogP contribution in [0.1, 0.15) is 0 Å². The molecular formula is C3H2Br4F2. The summed E-state index contributed by atoms with van der Waals surface area (Å²) in [6.45, 7) is -1.13. The molecule has 9 heavy (non-hydrogen) atoms. The van der Waals surface area contributed by atoms with E-state index in [1.807, 2.05) is 0 Å². The van der Waals surface area contributed by atoms with E-state index in [0.29, 0.717) is 0 Å². The molecule has 0 aliphatic rings. The molecule has 0 aliphatic heterocycles. The van der Waals surface area contributed by atoms with Gasteiger partial charge in [-0.25, -0.2) is 8.78 Å². The van der Waals surface area contributed by atoms with E-state index >= 15 is 0 Å². The van der Waals surface area contributed by atoms with Crippen LogP contribution in [0.5, 0.6) is 0 Å².